The highest BCUT2D eigenvalue weighted by molar-refractivity contribution is 4.88. The van der Waals surface area contributed by atoms with Crippen LogP contribution in [-0.2, 0) is 0 Å². The van der Waals surface area contributed by atoms with Crippen molar-refractivity contribution in [1.29, 1.82) is 0 Å². The van der Waals surface area contributed by atoms with Gasteiger partial charge in [0.1, 0.15) is 0 Å². The number of nitrogens with zero attached hydrogens (tertiary/aromatic N) is 2. The van der Waals surface area contributed by atoms with Gasteiger partial charge in [-0.25, -0.2) is 0 Å². The number of hydrogen-bond acceptors (Lipinski definition) is 3. The second-order valence-corrected chi connectivity index (χ2v) is 6.55. The molecule has 3 nitrogen and oxygen atoms in total. The van der Waals surface area contributed by atoms with Gasteiger partial charge in [-0.3, -0.25) is 9.80 Å². The molecule has 0 radical (unpaired) electrons. The van der Waals surface area contributed by atoms with E-state index in [9.17, 15) is 0 Å². The van der Waals surface area contributed by atoms with E-state index < -0.39 is 0 Å². The Labute approximate surface area is 112 Å². The van der Waals surface area contributed by atoms with E-state index >= 15 is 0 Å². The van der Waals surface area contributed by atoms with Crippen molar-refractivity contribution in [2.24, 2.45) is 5.92 Å². The maximum absolute atomic E-state index is 3.52. The van der Waals surface area contributed by atoms with E-state index in [1.165, 1.54) is 71.4 Å². The summed E-state index contributed by atoms with van der Waals surface area (Å²) >= 11 is 0. The lowest BCUT2D eigenvalue weighted by Crippen LogP contribution is -2.56. The van der Waals surface area contributed by atoms with Gasteiger partial charge in [0.15, 0.2) is 0 Å². The highest BCUT2D eigenvalue weighted by Gasteiger charge is 2.31. The van der Waals surface area contributed by atoms with E-state index in [-0.39, 0.29) is 0 Å². The normalized spacial score (nSPS) is 37.2. The molecule has 2 unspecified atom stereocenters. The number of rotatable bonds is 2. The van der Waals surface area contributed by atoms with Crippen LogP contribution in [-0.4, -0.2) is 61.2 Å². The molecule has 0 spiro atoms. The van der Waals surface area contributed by atoms with E-state index in [0.717, 1.165) is 18.0 Å². The molecule has 2 atom stereocenters. The Morgan fingerprint density at radius 3 is 2.22 bits per heavy atom. The molecule has 18 heavy (non-hydrogen) atoms. The molecule has 2 heterocycles. The van der Waals surface area contributed by atoms with Crippen molar-refractivity contribution >= 4 is 0 Å². The van der Waals surface area contributed by atoms with Crippen molar-refractivity contribution in [2.75, 3.05) is 39.3 Å². The zero-order valence-electron chi connectivity index (χ0n) is 11.9. The van der Waals surface area contributed by atoms with Gasteiger partial charge in [-0.05, 0) is 38.3 Å². The fourth-order valence-electron chi connectivity index (χ4n) is 4.25. The summed E-state index contributed by atoms with van der Waals surface area (Å²) in [7, 11) is 0. The molecular formula is C15H29N3. The van der Waals surface area contributed by atoms with E-state index in [0.29, 0.717) is 0 Å². The zero-order valence-corrected chi connectivity index (χ0v) is 11.9. The summed E-state index contributed by atoms with van der Waals surface area (Å²) in [6.45, 7) is 10.1. The smallest absolute Gasteiger partial charge is 0.0146 e. The van der Waals surface area contributed by atoms with Crippen LogP contribution in [0.3, 0.4) is 0 Å². The number of hydrogen-bond donors (Lipinski definition) is 1. The van der Waals surface area contributed by atoms with Crippen LogP contribution in [0, 0.1) is 5.92 Å². The Bertz CT molecular complexity index is 254. The monoisotopic (exact) mass is 251 g/mol. The zero-order chi connectivity index (χ0) is 12.4. The van der Waals surface area contributed by atoms with Crippen LogP contribution in [0.25, 0.3) is 0 Å². The Balaban J connectivity index is 1.49. The number of piperidine rings is 1. The van der Waals surface area contributed by atoms with E-state index in [1.807, 2.05) is 0 Å². The lowest BCUT2D eigenvalue weighted by atomic mass is 9.93. The van der Waals surface area contributed by atoms with Crippen LogP contribution >= 0.6 is 0 Å². The van der Waals surface area contributed by atoms with Crippen LogP contribution in [0.5, 0.6) is 0 Å². The van der Waals surface area contributed by atoms with Crippen molar-refractivity contribution < 1.29 is 0 Å². The summed E-state index contributed by atoms with van der Waals surface area (Å²) < 4.78 is 0. The third-order valence-electron chi connectivity index (χ3n) is 5.40. The summed E-state index contributed by atoms with van der Waals surface area (Å²) in [4.78, 5) is 5.55. The summed E-state index contributed by atoms with van der Waals surface area (Å²) in [6.07, 6.45) is 7.21. The van der Waals surface area contributed by atoms with Gasteiger partial charge in [-0.2, -0.15) is 0 Å². The molecular weight excluding hydrogens is 222 g/mol. The van der Waals surface area contributed by atoms with Crippen LogP contribution in [0.15, 0.2) is 0 Å². The third-order valence-corrected chi connectivity index (χ3v) is 5.40. The van der Waals surface area contributed by atoms with Gasteiger partial charge < -0.3 is 5.32 Å². The fraction of sp³-hybridized carbons (Fsp3) is 1.00. The van der Waals surface area contributed by atoms with Crippen LogP contribution < -0.4 is 5.32 Å². The molecule has 3 fully saturated rings. The van der Waals surface area contributed by atoms with Gasteiger partial charge in [0.25, 0.3) is 0 Å². The molecule has 0 aromatic rings. The maximum atomic E-state index is 3.52. The summed E-state index contributed by atoms with van der Waals surface area (Å²) in [5.41, 5.74) is 0. The van der Waals surface area contributed by atoms with Crippen molar-refractivity contribution in [3.63, 3.8) is 0 Å². The molecule has 1 saturated carbocycles. The minimum Gasteiger partial charge on any atom is -0.316 e. The molecule has 3 heteroatoms. The largest absolute Gasteiger partial charge is 0.316 e. The van der Waals surface area contributed by atoms with Crippen LogP contribution in [0.2, 0.25) is 0 Å². The standard InChI is InChI=1S/C15H29N3/c1-13-12-16-7-6-15(13)18-10-8-17(9-11-18)14-4-2-3-5-14/h13-16H,2-12H2,1H3. The van der Waals surface area contributed by atoms with Gasteiger partial charge >= 0.3 is 0 Å². The van der Waals surface area contributed by atoms with Gasteiger partial charge in [0.05, 0.1) is 0 Å². The Kier molecular flexibility index (Phi) is 4.22. The predicted octanol–water partition coefficient (Wildman–Crippen LogP) is 1.54. The first-order valence-corrected chi connectivity index (χ1v) is 8.03. The minimum atomic E-state index is 0.830. The molecule has 2 aliphatic heterocycles. The average Bonchev–Trinajstić information content (AvgIpc) is 2.94. The first-order valence-electron chi connectivity index (χ1n) is 8.03. The van der Waals surface area contributed by atoms with Crippen molar-refractivity contribution in [3.8, 4) is 0 Å². The lowest BCUT2D eigenvalue weighted by molar-refractivity contribution is 0.0422. The molecule has 0 aromatic carbocycles. The van der Waals surface area contributed by atoms with E-state index in [2.05, 4.69) is 22.0 Å². The second-order valence-electron chi connectivity index (χ2n) is 6.55. The maximum Gasteiger partial charge on any atom is 0.0146 e. The van der Waals surface area contributed by atoms with Gasteiger partial charge in [-0.15, -0.1) is 0 Å². The van der Waals surface area contributed by atoms with Crippen molar-refractivity contribution in [2.45, 2.75) is 51.1 Å². The second kappa shape index (κ2) is 5.89. The molecule has 104 valence electrons. The first-order chi connectivity index (χ1) is 8.84. The molecule has 3 rings (SSSR count). The molecule has 1 aliphatic carbocycles. The van der Waals surface area contributed by atoms with Crippen molar-refractivity contribution in [3.05, 3.63) is 0 Å². The molecule has 3 aliphatic rings. The SMILES string of the molecule is CC1CNCCC1N1CCN(C2CCCC2)CC1. The van der Waals surface area contributed by atoms with Crippen LogP contribution in [0.4, 0.5) is 0 Å². The Morgan fingerprint density at radius 1 is 0.889 bits per heavy atom. The Morgan fingerprint density at radius 2 is 1.56 bits per heavy atom. The predicted molar refractivity (Wildman–Crippen MR) is 75.8 cm³/mol. The first kappa shape index (κ1) is 12.9. The molecule has 0 aromatic heterocycles. The third kappa shape index (κ3) is 2.73. The highest BCUT2D eigenvalue weighted by atomic mass is 15.3. The minimum absolute atomic E-state index is 0.830. The molecule has 0 amide bonds. The topological polar surface area (TPSA) is 18.5 Å². The fourth-order valence-corrected chi connectivity index (χ4v) is 4.25. The lowest BCUT2D eigenvalue weighted by Gasteiger charge is -2.45. The molecule has 0 bridgehead atoms. The Hall–Kier alpha value is -0.120. The number of piperazine rings is 1. The molecule has 2 saturated heterocycles. The van der Waals surface area contributed by atoms with Crippen LogP contribution in [0.1, 0.15) is 39.0 Å². The number of nitrogens with one attached hydrogen (secondary N) is 1. The van der Waals surface area contributed by atoms with Gasteiger partial charge in [-0.1, -0.05) is 19.8 Å². The molecule has 1 N–H and O–H groups in total. The summed E-state index contributed by atoms with van der Waals surface area (Å²) in [6, 6.07) is 1.77. The van der Waals surface area contributed by atoms with Gasteiger partial charge in [0.2, 0.25) is 0 Å². The quantitative estimate of drug-likeness (QED) is 0.803. The highest BCUT2D eigenvalue weighted by Crippen LogP contribution is 2.26. The summed E-state index contributed by atoms with van der Waals surface area (Å²) in [5.74, 6) is 0.830. The van der Waals surface area contributed by atoms with E-state index in [1.54, 1.807) is 0 Å². The average molecular weight is 251 g/mol. The summed E-state index contributed by atoms with van der Waals surface area (Å²) in [5, 5.41) is 3.52. The van der Waals surface area contributed by atoms with Gasteiger partial charge in [0, 0.05) is 38.3 Å². The van der Waals surface area contributed by atoms with E-state index in [4.69, 9.17) is 0 Å². The van der Waals surface area contributed by atoms with Crippen molar-refractivity contribution in [1.82, 2.24) is 15.1 Å².